The number of hydrogen-bond acceptors (Lipinski definition) is 3. The first kappa shape index (κ1) is 15.2. The van der Waals surface area contributed by atoms with Crippen molar-refractivity contribution < 1.29 is 14.5 Å². The fourth-order valence-corrected chi connectivity index (χ4v) is 2.90. The zero-order chi connectivity index (χ0) is 16.4. The molecular formula is C19H18ClN2O2+. The molecule has 0 aliphatic carbocycles. The topological polar surface area (TPSA) is 51.9 Å². The molecule has 0 unspecified atom stereocenters. The van der Waals surface area contributed by atoms with Crippen LogP contribution in [0.5, 0.6) is 5.75 Å². The van der Waals surface area contributed by atoms with Gasteiger partial charge in [0, 0.05) is 10.6 Å². The zero-order valence-electron chi connectivity index (χ0n) is 13.2. The normalized spacial score (nSPS) is 13.5. The van der Waals surface area contributed by atoms with Gasteiger partial charge < -0.3 is 14.5 Å². The number of nitrogens with zero attached hydrogens (tertiary/aromatic N) is 1. The molecule has 0 amide bonds. The maximum absolute atomic E-state index is 5.89. The third-order valence-corrected chi connectivity index (χ3v) is 4.36. The number of ether oxygens (including phenoxy) is 1. The lowest BCUT2D eigenvalue weighted by atomic mass is 10.2. The minimum Gasteiger partial charge on any atom is -0.489 e. The lowest BCUT2D eigenvalue weighted by Crippen LogP contribution is -2.84. The number of oxazole rings is 1. The van der Waals surface area contributed by atoms with Crippen LogP contribution in [-0.2, 0) is 19.6 Å². The number of aromatic nitrogens is 1. The highest BCUT2D eigenvalue weighted by Crippen LogP contribution is 2.25. The summed E-state index contributed by atoms with van der Waals surface area (Å²) in [6.45, 7) is 2.49. The molecule has 0 fully saturated rings. The Morgan fingerprint density at radius 2 is 1.88 bits per heavy atom. The monoisotopic (exact) mass is 341 g/mol. The first-order valence-electron chi connectivity index (χ1n) is 8.06. The Labute approximate surface area is 145 Å². The fraction of sp³-hybridized carbons (Fsp3) is 0.211. The van der Waals surface area contributed by atoms with Crippen molar-refractivity contribution >= 4 is 11.6 Å². The molecule has 2 N–H and O–H groups in total. The largest absolute Gasteiger partial charge is 0.489 e. The van der Waals surface area contributed by atoms with Crippen LogP contribution in [0.3, 0.4) is 0 Å². The van der Waals surface area contributed by atoms with E-state index in [0.29, 0.717) is 12.5 Å². The van der Waals surface area contributed by atoms with E-state index in [4.69, 9.17) is 20.8 Å². The van der Waals surface area contributed by atoms with Crippen LogP contribution in [0.1, 0.15) is 17.0 Å². The van der Waals surface area contributed by atoms with Crippen LogP contribution in [0.25, 0.3) is 11.5 Å². The summed E-state index contributed by atoms with van der Waals surface area (Å²) in [5.41, 5.74) is 3.13. The Kier molecular flexibility index (Phi) is 4.24. The minimum atomic E-state index is 0.514. The number of quaternary nitrogens is 1. The van der Waals surface area contributed by atoms with Crippen LogP contribution >= 0.6 is 11.6 Å². The second kappa shape index (κ2) is 6.67. The molecule has 122 valence electrons. The van der Waals surface area contributed by atoms with Gasteiger partial charge in [0.15, 0.2) is 0 Å². The third kappa shape index (κ3) is 3.30. The molecule has 0 spiro atoms. The molecule has 0 atom stereocenters. The average Bonchev–Trinajstić information content (AvgIpc) is 3.06. The first-order chi connectivity index (χ1) is 11.8. The second-order valence-electron chi connectivity index (χ2n) is 5.86. The molecule has 3 aromatic rings. The molecule has 0 bridgehead atoms. The van der Waals surface area contributed by atoms with E-state index in [1.807, 2.05) is 48.5 Å². The highest BCUT2D eigenvalue weighted by molar-refractivity contribution is 6.30. The molecule has 0 radical (unpaired) electrons. The highest BCUT2D eigenvalue weighted by atomic mass is 35.5. The fourth-order valence-electron chi connectivity index (χ4n) is 2.77. The van der Waals surface area contributed by atoms with Gasteiger partial charge in [-0.3, -0.25) is 0 Å². The molecule has 5 heteroatoms. The summed E-state index contributed by atoms with van der Waals surface area (Å²) in [5, 5.41) is 2.98. The van der Waals surface area contributed by atoms with Crippen molar-refractivity contribution in [2.24, 2.45) is 0 Å². The predicted octanol–water partition coefficient (Wildman–Crippen LogP) is 3.19. The van der Waals surface area contributed by atoms with Gasteiger partial charge in [-0.1, -0.05) is 23.7 Å². The number of halogens is 1. The molecule has 1 aromatic heterocycles. The summed E-state index contributed by atoms with van der Waals surface area (Å²) in [7, 11) is 0. The Morgan fingerprint density at radius 3 is 2.62 bits per heavy atom. The van der Waals surface area contributed by atoms with E-state index in [1.165, 1.54) is 0 Å². The van der Waals surface area contributed by atoms with Gasteiger partial charge in [0.25, 0.3) is 0 Å². The second-order valence-corrected chi connectivity index (χ2v) is 6.30. The van der Waals surface area contributed by atoms with Crippen molar-refractivity contribution in [2.75, 3.05) is 6.54 Å². The number of fused-ring (bicyclic) bond motifs is 1. The number of nitrogens with two attached hydrogens (primary N) is 1. The molecule has 24 heavy (non-hydrogen) atoms. The van der Waals surface area contributed by atoms with Crippen LogP contribution in [0.4, 0.5) is 0 Å². The standard InChI is InChI=1S/C19H17ClN2O2/c20-15-5-1-13(2-6-15)12-23-16-7-3-14(4-8-16)19-22-17-11-21-10-9-18(17)24-19/h1-8,21H,9-12H2/p+1. The maximum atomic E-state index is 5.89. The average molecular weight is 342 g/mol. The summed E-state index contributed by atoms with van der Waals surface area (Å²) in [6.07, 6.45) is 0.949. The van der Waals surface area contributed by atoms with Gasteiger partial charge in [-0.15, -0.1) is 0 Å². The van der Waals surface area contributed by atoms with Crippen LogP contribution in [0, 0.1) is 0 Å². The number of rotatable bonds is 4. The quantitative estimate of drug-likeness (QED) is 0.793. The van der Waals surface area contributed by atoms with Crippen LogP contribution < -0.4 is 10.1 Å². The van der Waals surface area contributed by atoms with Gasteiger partial charge in [-0.2, -0.15) is 0 Å². The van der Waals surface area contributed by atoms with E-state index in [0.717, 1.165) is 52.9 Å². The summed E-state index contributed by atoms with van der Waals surface area (Å²) in [4.78, 5) is 4.60. The lowest BCUT2D eigenvalue weighted by molar-refractivity contribution is -0.674. The van der Waals surface area contributed by atoms with Crippen molar-refractivity contribution in [3.63, 3.8) is 0 Å². The molecule has 1 aliphatic rings. The van der Waals surface area contributed by atoms with E-state index < -0.39 is 0 Å². The zero-order valence-corrected chi connectivity index (χ0v) is 13.9. The lowest BCUT2D eigenvalue weighted by Gasteiger charge is -2.06. The van der Waals surface area contributed by atoms with Gasteiger partial charge in [0.2, 0.25) is 5.89 Å². The van der Waals surface area contributed by atoms with E-state index in [9.17, 15) is 0 Å². The third-order valence-electron chi connectivity index (χ3n) is 4.11. The van der Waals surface area contributed by atoms with Crippen molar-refractivity contribution in [1.82, 2.24) is 4.98 Å². The summed E-state index contributed by atoms with van der Waals surface area (Å²) in [5.74, 6) is 2.54. The predicted molar refractivity (Wildman–Crippen MR) is 91.9 cm³/mol. The van der Waals surface area contributed by atoms with Gasteiger partial charge in [0.1, 0.15) is 30.4 Å². The Hall–Kier alpha value is -2.30. The van der Waals surface area contributed by atoms with E-state index in [2.05, 4.69) is 10.3 Å². The molecule has 2 heterocycles. The van der Waals surface area contributed by atoms with Gasteiger partial charge in [-0.05, 0) is 42.0 Å². The molecular weight excluding hydrogens is 324 g/mol. The molecule has 1 aliphatic heterocycles. The van der Waals surface area contributed by atoms with Crippen molar-refractivity contribution in [3.05, 3.63) is 70.6 Å². The summed E-state index contributed by atoms with van der Waals surface area (Å²) in [6, 6.07) is 15.5. The van der Waals surface area contributed by atoms with E-state index in [-0.39, 0.29) is 0 Å². The summed E-state index contributed by atoms with van der Waals surface area (Å²) < 4.78 is 11.7. The van der Waals surface area contributed by atoms with Crippen molar-refractivity contribution in [2.45, 2.75) is 19.6 Å². The van der Waals surface area contributed by atoms with E-state index in [1.54, 1.807) is 0 Å². The SMILES string of the molecule is Clc1ccc(COc2ccc(-c3nc4c(o3)CC[NH2+]C4)cc2)cc1. The molecule has 4 rings (SSSR count). The van der Waals surface area contributed by atoms with Gasteiger partial charge >= 0.3 is 0 Å². The van der Waals surface area contributed by atoms with Crippen LogP contribution in [0.2, 0.25) is 5.02 Å². The molecule has 4 nitrogen and oxygen atoms in total. The van der Waals surface area contributed by atoms with Gasteiger partial charge in [0.05, 0.1) is 13.0 Å². The number of hydrogen-bond donors (Lipinski definition) is 1. The highest BCUT2D eigenvalue weighted by Gasteiger charge is 2.19. The molecule has 2 aromatic carbocycles. The minimum absolute atomic E-state index is 0.514. The molecule has 0 saturated heterocycles. The maximum Gasteiger partial charge on any atom is 0.226 e. The van der Waals surface area contributed by atoms with Crippen molar-refractivity contribution in [3.8, 4) is 17.2 Å². The Morgan fingerprint density at radius 1 is 1.08 bits per heavy atom. The Bertz CT molecular complexity index is 802. The van der Waals surface area contributed by atoms with Crippen LogP contribution in [-0.4, -0.2) is 11.5 Å². The number of benzene rings is 2. The first-order valence-corrected chi connectivity index (χ1v) is 8.44. The summed E-state index contributed by atoms with van der Waals surface area (Å²) >= 11 is 5.88. The molecule has 0 saturated carbocycles. The van der Waals surface area contributed by atoms with Crippen molar-refractivity contribution in [1.29, 1.82) is 0 Å². The Balaban J connectivity index is 1.44. The smallest absolute Gasteiger partial charge is 0.226 e. The van der Waals surface area contributed by atoms with Gasteiger partial charge in [-0.25, -0.2) is 4.98 Å². The van der Waals surface area contributed by atoms with Crippen LogP contribution in [0.15, 0.2) is 52.9 Å². The van der Waals surface area contributed by atoms with E-state index >= 15 is 0 Å².